The SMILES string of the molecule is NCCCN1C2=C(C=CCC2)Sc2ccc(-n3nnc4ccccc43)cc21. The number of anilines is 1. The molecule has 0 amide bonds. The largest absolute Gasteiger partial charge is 0.343 e. The van der Waals surface area contributed by atoms with Gasteiger partial charge in [-0.3, -0.25) is 0 Å². The molecule has 2 N–H and O–H groups in total. The van der Waals surface area contributed by atoms with Crippen LogP contribution in [0.15, 0.2) is 70.1 Å². The van der Waals surface area contributed by atoms with Crippen molar-refractivity contribution in [2.75, 3.05) is 18.0 Å². The van der Waals surface area contributed by atoms with Crippen molar-refractivity contribution in [3.05, 3.63) is 65.2 Å². The topological polar surface area (TPSA) is 60.0 Å². The second-order valence-electron chi connectivity index (χ2n) is 6.79. The van der Waals surface area contributed by atoms with Crippen LogP contribution in [0.4, 0.5) is 5.69 Å². The van der Waals surface area contributed by atoms with Gasteiger partial charge in [0.2, 0.25) is 0 Å². The maximum Gasteiger partial charge on any atom is 0.113 e. The fourth-order valence-corrected chi connectivity index (χ4v) is 4.89. The maximum atomic E-state index is 5.82. The molecule has 27 heavy (non-hydrogen) atoms. The summed E-state index contributed by atoms with van der Waals surface area (Å²) < 4.78 is 1.92. The Hall–Kier alpha value is -2.57. The van der Waals surface area contributed by atoms with Gasteiger partial charge in [0.05, 0.1) is 16.9 Å². The Balaban J connectivity index is 1.61. The van der Waals surface area contributed by atoms with Crippen molar-refractivity contribution in [3.8, 4) is 5.69 Å². The summed E-state index contributed by atoms with van der Waals surface area (Å²) in [4.78, 5) is 5.11. The van der Waals surface area contributed by atoms with E-state index in [1.165, 1.54) is 21.2 Å². The van der Waals surface area contributed by atoms with E-state index in [0.717, 1.165) is 42.5 Å². The molecule has 1 aliphatic carbocycles. The zero-order chi connectivity index (χ0) is 18.2. The summed E-state index contributed by atoms with van der Waals surface area (Å²) in [5, 5.41) is 8.68. The smallest absolute Gasteiger partial charge is 0.113 e. The average Bonchev–Trinajstić information content (AvgIpc) is 3.15. The molecule has 0 bridgehead atoms. The number of aromatic nitrogens is 3. The Morgan fingerprint density at radius 3 is 3.00 bits per heavy atom. The van der Waals surface area contributed by atoms with E-state index in [-0.39, 0.29) is 0 Å². The summed E-state index contributed by atoms with van der Waals surface area (Å²) >= 11 is 1.86. The van der Waals surface area contributed by atoms with Crippen LogP contribution in [-0.4, -0.2) is 28.1 Å². The molecule has 0 unspecified atom stereocenters. The Kier molecular flexibility index (Phi) is 4.22. The molecular formula is C21H21N5S. The highest BCUT2D eigenvalue weighted by Gasteiger charge is 2.26. The predicted octanol–water partition coefficient (Wildman–Crippen LogP) is 4.24. The van der Waals surface area contributed by atoms with E-state index in [9.17, 15) is 0 Å². The van der Waals surface area contributed by atoms with Gasteiger partial charge in [-0.1, -0.05) is 41.3 Å². The average molecular weight is 376 g/mol. The van der Waals surface area contributed by atoms with Gasteiger partial charge in [-0.05, 0) is 56.1 Å². The van der Waals surface area contributed by atoms with E-state index in [2.05, 4.69) is 51.6 Å². The van der Waals surface area contributed by atoms with Crippen LogP contribution in [0.25, 0.3) is 16.7 Å². The molecular weight excluding hydrogens is 354 g/mol. The molecule has 3 aromatic rings. The number of allylic oxidation sites excluding steroid dienone is 3. The lowest BCUT2D eigenvalue weighted by molar-refractivity contribution is 0.751. The second kappa shape index (κ2) is 6.87. The van der Waals surface area contributed by atoms with Crippen LogP contribution in [0.1, 0.15) is 19.3 Å². The lowest BCUT2D eigenvalue weighted by Gasteiger charge is -2.36. The second-order valence-corrected chi connectivity index (χ2v) is 7.87. The molecule has 0 spiro atoms. The standard InChI is InChI=1S/C21H21N5S/c22-12-5-13-25-18-8-3-4-9-20(18)27-21-11-10-15(14-19(21)25)26-17-7-2-1-6-16(17)23-24-26/h1-2,4,6-7,9-11,14H,3,5,8,12-13,22H2. The molecule has 2 aliphatic rings. The highest BCUT2D eigenvalue weighted by molar-refractivity contribution is 8.03. The monoisotopic (exact) mass is 375 g/mol. The minimum absolute atomic E-state index is 0.699. The molecule has 0 fully saturated rings. The van der Waals surface area contributed by atoms with Gasteiger partial charge in [0.25, 0.3) is 0 Å². The number of thioether (sulfide) groups is 1. The van der Waals surface area contributed by atoms with Crippen LogP contribution in [0.2, 0.25) is 0 Å². The lowest BCUT2D eigenvalue weighted by atomic mass is 10.1. The number of hydrogen-bond donors (Lipinski definition) is 1. The van der Waals surface area contributed by atoms with Gasteiger partial charge in [0.15, 0.2) is 0 Å². The summed E-state index contributed by atoms with van der Waals surface area (Å²) in [6, 6.07) is 14.6. The number of nitrogens with zero attached hydrogens (tertiary/aromatic N) is 4. The quantitative estimate of drug-likeness (QED) is 0.739. The molecule has 2 aromatic carbocycles. The Morgan fingerprint density at radius 2 is 2.07 bits per heavy atom. The molecule has 2 heterocycles. The third kappa shape index (κ3) is 2.85. The molecule has 0 saturated heterocycles. The Morgan fingerprint density at radius 1 is 1.15 bits per heavy atom. The number of rotatable bonds is 4. The van der Waals surface area contributed by atoms with Gasteiger partial charge in [-0.2, -0.15) is 0 Å². The van der Waals surface area contributed by atoms with Gasteiger partial charge in [-0.15, -0.1) is 5.10 Å². The number of nitrogens with two attached hydrogens (primary N) is 1. The Labute approximate surface area is 162 Å². The summed E-state index contributed by atoms with van der Waals surface area (Å²) in [6.45, 7) is 1.64. The zero-order valence-corrected chi connectivity index (χ0v) is 15.8. The van der Waals surface area contributed by atoms with Gasteiger partial charge in [0.1, 0.15) is 5.52 Å². The van der Waals surface area contributed by atoms with Crippen LogP contribution in [-0.2, 0) is 0 Å². The number of benzene rings is 2. The first-order chi connectivity index (χ1) is 13.3. The molecule has 5 rings (SSSR count). The van der Waals surface area contributed by atoms with Crippen LogP contribution >= 0.6 is 11.8 Å². The molecule has 6 heteroatoms. The first-order valence-corrected chi connectivity index (χ1v) is 10.2. The molecule has 1 aromatic heterocycles. The first kappa shape index (κ1) is 16.6. The number of fused-ring (bicyclic) bond motifs is 2. The molecule has 1 aliphatic heterocycles. The van der Waals surface area contributed by atoms with E-state index >= 15 is 0 Å². The Bertz CT molecular complexity index is 1070. The molecule has 0 radical (unpaired) electrons. The highest BCUT2D eigenvalue weighted by Crippen LogP contribution is 2.47. The van der Waals surface area contributed by atoms with Gasteiger partial charge < -0.3 is 10.6 Å². The van der Waals surface area contributed by atoms with Crippen molar-refractivity contribution in [1.82, 2.24) is 15.0 Å². The van der Waals surface area contributed by atoms with Crippen LogP contribution in [0.3, 0.4) is 0 Å². The van der Waals surface area contributed by atoms with Crippen molar-refractivity contribution in [1.29, 1.82) is 0 Å². The van der Waals surface area contributed by atoms with E-state index in [4.69, 9.17) is 5.73 Å². The molecule has 0 saturated carbocycles. The summed E-state index contributed by atoms with van der Waals surface area (Å²) in [7, 11) is 0. The predicted molar refractivity (Wildman–Crippen MR) is 111 cm³/mol. The summed E-state index contributed by atoms with van der Waals surface area (Å²) in [6.07, 6.45) is 7.69. The maximum absolute atomic E-state index is 5.82. The third-order valence-electron chi connectivity index (χ3n) is 5.06. The number of para-hydroxylation sites is 1. The van der Waals surface area contributed by atoms with Crippen molar-refractivity contribution in [3.63, 3.8) is 0 Å². The van der Waals surface area contributed by atoms with Crippen LogP contribution in [0.5, 0.6) is 0 Å². The van der Waals surface area contributed by atoms with Crippen molar-refractivity contribution in [2.45, 2.75) is 24.2 Å². The van der Waals surface area contributed by atoms with Crippen molar-refractivity contribution in [2.24, 2.45) is 5.73 Å². The minimum atomic E-state index is 0.699. The zero-order valence-electron chi connectivity index (χ0n) is 15.0. The van der Waals surface area contributed by atoms with Gasteiger partial charge in [-0.25, -0.2) is 4.68 Å². The van der Waals surface area contributed by atoms with Gasteiger partial charge >= 0.3 is 0 Å². The van der Waals surface area contributed by atoms with Crippen LogP contribution in [0, 0.1) is 0 Å². The van der Waals surface area contributed by atoms with E-state index < -0.39 is 0 Å². The summed E-state index contributed by atoms with van der Waals surface area (Å²) in [5.74, 6) is 0. The normalized spacial score (nSPS) is 16.0. The fraction of sp³-hybridized carbons (Fsp3) is 0.238. The fourth-order valence-electron chi connectivity index (χ4n) is 3.75. The van der Waals surface area contributed by atoms with E-state index in [1.807, 2.05) is 34.6 Å². The molecule has 5 nitrogen and oxygen atoms in total. The number of hydrogen-bond acceptors (Lipinski definition) is 5. The van der Waals surface area contributed by atoms with E-state index in [1.54, 1.807) is 0 Å². The van der Waals surface area contributed by atoms with Gasteiger partial charge in [0, 0.05) is 22.0 Å². The highest BCUT2D eigenvalue weighted by atomic mass is 32.2. The lowest BCUT2D eigenvalue weighted by Crippen LogP contribution is -2.29. The van der Waals surface area contributed by atoms with Crippen molar-refractivity contribution < 1.29 is 0 Å². The minimum Gasteiger partial charge on any atom is -0.343 e. The third-order valence-corrected chi connectivity index (χ3v) is 6.22. The summed E-state index contributed by atoms with van der Waals surface area (Å²) in [5.41, 5.74) is 11.5. The molecule has 136 valence electrons. The van der Waals surface area contributed by atoms with Crippen LogP contribution < -0.4 is 10.6 Å². The molecule has 0 atom stereocenters. The van der Waals surface area contributed by atoms with E-state index in [0.29, 0.717) is 6.54 Å². The first-order valence-electron chi connectivity index (χ1n) is 9.35. The van der Waals surface area contributed by atoms with Crippen molar-refractivity contribution >= 4 is 28.5 Å².